The van der Waals surface area contributed by atoms with Crippen molar-refractivity contribution in [2.75, 3.05) is 18.4 Å². The fourth-order valence-corrected chi connectivity index (χ4v) is 1.35. The highest BCUT2D eigenvalue weighted by Gasteiger charge is 2.12. The van der Waals surface area contributed by atoms with Crippen LogP contribution in [0.2, 0.25) is 0 Å². The average molecular weight is 257 g/mol. The molecule has 2 aromatic heterocycles. The van der Waals surface area contributed by atoms with Crippen LogP contribution in [0.4, 0.5) is 10.3 Å². The van der Waals surface area contributed by atoms with E-state index in [0.717, 1.165) is 6.42 Å². The van der Waals surface area contributed by atoms with Gasteiger partial charge in [0.05, 0.1) is 0 Å². The Kier molecular flexibility index (Phi) is 3.53. The number of fused-ring (bicyclic) bond motifs is 1. The summed E-state index contributed by atoms with van der Waals surface area (Å²) in [5.74, 6) is -0.157. The predicted molar refractivity (Wildman–Crippen MR) is 59.8 cm³/mol. The first-order valence-electron chi connectivity index (χ1n) is 5.31. The fraction of sp³-hybridized carbons (Fsp3) is 0.444. The van der Waals surface area contributed by atoms with Crippen molar-refractivity contribution < 1.29 is 14.3 Å². The summed E-state index contributed by atoms with van der Waals surface area (Å²) in [7, 11) is 0. The Hall–Kier alpha value is -2.00. The molecule has 0 spiro atoms. The number of aromatic nitrogens is 4. The van der Waals surface area contributed by atoms with Gasteiger partial charge in [0.25, 0.3) is 11.6 Å². The molecule has 0 unspecified atom stereocenters. The zero-order valence-electron chi connectivity index (χ0n) is 9.60. The van der Waals surface area contributed by atoms with Crippen LogP contribution in [-0.4, -0.2) is 38.5 Å². The van der Waals surface area contributed by atoms with Crippen molar-refractivity contribution in [1.82, 2.24) is 19.9 Å². The lowest BCUT2D eigenvalue weighted by atomic mass is 10.5. The normalized spacial score (nSPS) is 11.1. The molecule has 0 aliphatic rings. The van der Waals surface area contributed by atoms with Crippen molar-refractivity contribution in [1.29, 1.82) is 0 Å². The Balaban J connectivity index is 2.25. The summed E-state index contributed by atoms with van der Waals surface area (Å²) in [6, 6.07) is 0. The molecule has 2 heterocycles. The number of rotatable bonds is 5. The summed E-state index contributed by atoms with van der Waals surface area (Å²) in [5.41, 5.74) is -0.819. The minimum atomic E-state index is -0.910. The van der Waals surface area contributed by atoms with Crippen LogP contribution in [0, 0.1) is 6.08 Å². The lowest BCUT2D eigenvalue weighted by molar-refractivity contribution is 0.0703. The van der Waals surface area contributed by atoms with Crippen LogP contribution in [-0.2, 0) is 4.74 Å². The Morgan fingerprint density at radius 2 is 2.22 bits per heavy atom. The molecule has 8 nitrogen and oxygen atoms in total. The van der Waals surface area contributed by atoms with Crippen molar-refractivity contribution in [3.63, 3.8) is 0 Å². The summed E-state index contributed by atoms with van der Waals surface area (Å²) < 4.78 is 17.9. The van der Waals surface area contributed by atoms with Gasteiger partial charge in [0, 0.05) is 6.61 Å². The van der Waals surface area contributed by atoms with Crippen LogP contribution >= 0.6 is 0 Å². The number of ether oxygens (including phenoxy) is 1. The minimum absolute atomic E-state index is 0.0841. The number of hydrogen-bond donors (Lipinski definition) is 3. The fourth-order valence-electron chi connectivity index (χ4n) is 1.35. The summed E-state index contributed by atoms with van der Waals surface area (Å²) in [6.45, 7) is 2.22. The van der Waals surface area contributed by atoms with Crippen LogP contribution in [0.1, 0.15) is 13.3 Å². The zero-order valence-corrected chi connectivity index (χ0v) is 9.60. The number of H-pyrrole nitrogens is 2. The van der Waals surface area contributed by atoms with Crippen molar-refractivity contribution in [3.8, 4) is 0 Å². The van der Waals surface area contributed by atoms with E-state index in [-0.39, 0.29) is 23.8 Å². The van der Waals surface area contributed by atoms with Gasteiger partial charge in [-0.2, -0.15) is 19.4 Å². The van der Waals surface area contributed by atoms with Crippen molar-refractivity contribution in [2.45, 2.75) is 13.3 Å². The maximum atomic E-state index is 12.8. The first kappa shape index (κ1) is 12.5. The van der Waals surface area contributed by atoms with Gasteiger partial charge < -0.3 is 9.72 Å². The third-order valence-electron chi connectivity index (χ3n) is 2.13. The molecule has 9 heteroatoms. The summed E-state index contributed by atoms with van der Waals surface area (Å²) in [5, 5.41) is 10.2. The molecular weight excluding hydrogens is 245 g/mol. The molecular formula is C9H12FN5O3. The maximum Gasteiger partial charge on any atom is 0.289 e. The maximum absolute atomic E-state index is 12.8. The summed E-state index contributed by atoms with van der Waals surface area (Å²) in [6.07, 6.45) is -0.117. The second kappa shape index (κ2) is 5.10. The molecule has 2 aromatic rings. The minimum Gasteiger partial charge on any atom is -0.359 e. The smallest absolute Gasteiger partial charge is 0.289 e. The molecule has 18 heavy (non-hydrogen) atoms. The second-order valence-electron chi connectivity index (χ2n) is 3.55. The van der Waals surface area contributed by atoms with Gasteiger partial charge in [0.2, 0.25) is 5.95 Å². The molecule has 0 saturated carbocycles. The zero-order chi connectivity index (χ0) is 13.1. The molecule has 0 aliphatic heterocycles. The van der Waals surface area contributed by atoms with E-state index in [1.54, 1.807) is 0 Å². The number of aromatic amines is 2. The van der Waals surface area contributed by atoms with Crippen LogP contribution in [0.5, 0.6) is 0 Å². The van der Waals surface area contributed by atoms with E-state index in [0.29, 0.717) is 11.7 Å². The topological polar surface area (TPSA) is 107 Å². The number of imidazole rings is 1. The molecule has 0 bridgehead atoms. The molecule has 0 atom stereocenters. The van der Waals surface area contributed by atoms with Crippen LogP contribution in [0.15, 0.2) is 4.79 Å². The van der Waals surface area contributed by atoms with Gasteiger partial charge in [0.15, 0.2) is 11.2 Å². The standard InChI is InChI=1S/C9H12FN5O3/c1-2-3-18-4-15(17)9-13-6-5(7(16)14-9)11-8(10)12-6/h17H,2-4H2,1H3,(H2,11,12,13,14,16). The highest BCUT2D eigenvalue weighted by Crippen LogP contribution is 2.08. The molecule has 0 fully saturated rings. The molecule has 0 saturated heterocycles. The molecule has 98 valence electrons. The van der Waals surface area contributed by atoms with Crippen LogP contribution in [0.25, 0.3) is 11.2 Å². The molecule has 0 aromatic carbocycles. The molecule has 0 amide bonds. The van der Waals surface area contributed by atoms with E-state index in [9.17, 15) is 14.4 Å². The first-order valence-corrected chi connectivity index (χ1v) is 5.31. The van der Waals surface area contributed by atoms with E-state index in [1.807, 2.05) is 6.92 Å². The lowest BCUT2D eigenvalue weighted by Crippen LogP contribution is -2.26. The van der Waals surface area contributed by atoms with Crippen LogP contribution in [0.3, 0.4) is 0 Å². The lowest BCUT2D eigenvalue weighted by Gasteiger charge is -2.14. The molecule has 3 N–H and O–H groups in total. The SMILES string of the molecule is CCCOCN(O)c1nc2nc(F)[nH]c2c(=O)[nH]1. The van der Waals surface area contributed by atoms with Crippen molar-refractivity contribution in [3.05, 3.63) is 16.4 Å². The Morgan fingerprint density at radius 3 is 2.94 bits per heavy atom. The Bertz CT molecular complexity index is 595. The summed E-state index contributed by atoms with van der Waals surface area (Å²) in [4.78, 5) is 23.1. The van der Waals surface area contributed by atoms with Crippen molar-refractivity contribution in [2.24, 2.45) is 0 Å². The number of hydrogen-bond acceptors (Lipinski definition) is 6. The number of nitrogens with one attached hydrogen (secondary N) is 2. The third kappa shape index (κ3) is 2.46. The highest BCUT2D eigenvalue weighted by molar-refractivity contribution is 5.69. The monoisotopic (exact) mass is 257 g/mol. The largest absolute Gasteiger partial charge is 0.359 e. The first-order chi connectivity index (χ1) is 8.61. The van der Waals surface area contributed by atoms with Gasteiger partial charge in [-0.05, 0) is 6.42 Å². The molecule has 2 rings (SSSR count). The molecule has 0 radical (unpaired) electrons. The van der Waals surface area contributed by atoms with E-state index < -0.39 is 11.6 Å². The van der Waals surface area contributed by atoms with Gasteiger partial charge in [-0.15, -0.1) is 0 Å². The number of hydroxylamine groups is 1. The van der Waals surface area contributed by atoms with Crippen molar-refractivity contribution >= 4 is 17.1 Å². The van der Waals surface area contributed by atoms with Crippen LogP contribution < -0.4 is 10.6 Å². The number of nitrogens with zero attached hydrogens (tertiary/aromatic N) is 3. The Labute approximate surface area is 100 Å². The quantitative estimate of drug-likeness (QED) is 0.309. The van der Waals surface area contributed by atoms with Gasteiger partial charge in [-0.1, -0.05) is 6.92 Å². The van der Waals surface area contributed by atoms with Gasteiger partial charge >= 0.3 is 0 Å². The third-order valence-corrected chi connectivity index (χ3v) is 2.13. The Morgan fingerprint density at radius 1 is 1.44 bits per heavy atom. The van der Waals surface area contributed by atoms with E-state index in [1.165, 1.54) is 0 Å². The van der Waals surface area contributed by atoms with Gasteiger partial charge in [-0.3, -0.25) is 15.0 Å². The summed E-state index contributed by atoms with van der Waals surface area (Å²) >= 11 is 0. The second-order valence-corrected chi connectivity index (χ2v) is 3.55. The van der Waals surface area contributed by atoms with Gasteiger partial charge in [0.1, 0.15) is 6.73 Å². The van der Waals surface area contributed by atoms with E-state index in [4.69, 9.17) is 4.74 Å². The van der Waals surface area contributed by atoms with Gasteiger partial charge in [-0.25, -0.2) is 0 Å². The predicted octanol–water partition coefficient (Wildman–Crippen LogP) is 0.365. The van der Waals surface area contributed by atoms with E-state index in [2.05, 4.69) is 19.9 Å². The molecule has 0 aliphatic carbocycles. The number of anilines is 1. The van der Waals surface area contributed by atoms with E-state index >= 15 is 0 Å². The highest BCUT2D eigenvalue weighted by atomic mass is 19.1. The average Bonchev–Trinajstić information content (AvgIpc) is 2.70. The number of halogens is 1.